The van der Waals surface area contributed by atoms with Crippen molar-refractivity contribution in [3.05, 3.63) is 65.4 Å². The number of anilines is 1. The average molecular weight is 346 g/mol. The molecule has 2 aromatic carbocycles. The van der Waals surface area contributed by atoms with Gasteiger partial charge >= 0.3 is 0 Å². The smallest absolute Gasteiger partial charge is 0.255 e. The minimum absolute atomic E-state index is 0.0538. The second-order valence-electron chi connectivity index (χ2n) is 8.76. The second kappa shape index (κ2) is 5.73. The number of rotatable bonds is 2. The molecule has 0 bridgehead atoms. The third-order valence-electron chi connectivity index (χ3n) is 5.93. The first kappa shape index (κ1) is 16.9. The monoisotopic (exact) mass is 346 g/mol. The highest BCUT2D eigenvalue weighted by Gasteiger charge is 2.37. The molecule has 1 aromatic heterocycles. The number of aromatic nitrogens is 1. The molecule has 0 spiro atoms. The molecule has 134 valence electrons. The van der Waals surface area contributed by atoms with Gasteiger partial charge in [-0.15, -0.1) is 0 Å². The standard InChI is InChI=1S/C23H26N2O/c1-22(2)10-11-23(3,4)19-14-16(5-7-18(19)22)21(26)25-17-6-8-20-15(13-17)9-12-24-20/h5-9,12-14,24H,10-11H2,1-4H3,(H,25,26). The van der Waals surface area contributed by atoms with Crippen LogP contribution < -0.4 is 5.32 Å². The van der Waals surface area contributed by atoms with Gasteiger partial charge in [-0.3, -0.25) is 4.79 Å². The molecule has 0 atom stereocenters. The molecule has 3 nitrogen and oxygen atoms in total. The number of hydrogen-bond acceptors (Lipinski definition) is 1. The lowest BCUT2D eigenvalue weighted by molar-refractivity contribution is 0.102. The predicted molar refractivity (Wildman–Crippen MR) is 108 cm³/mol. The molecule has 0 aliphatic heterocycles. The van der Waals surface area contributed by atoms with Crippen molar-refractivity contribution in [2.24, 2.45) is 0 Å². The molecule has 1 aliphatic rings. The fourth-order valence-electron chi connectivity index (χ4n) is 4.06. The molecule has 0 fully saturated rings. The molecule has 4 rings (SSSR count). The molecule has 26 heavy (non-hydrogen) atoms. The number of carbonyl (C=O) groups excluding carboxylic acids is 1. The number of hydrogen-bond donors (Lipinski definition) is 2. The van der Waals surface area contributed by atoms with Gasteiger partial charge in [0.05, 0.1) is 0 Å². The van der Waals surface area contributed by atoms with Crippen molar-refractivity contribution in [3.63, 3.8) is 0 Å². The Labute approximate surface area is 154 Å². The summed E-state index contributed by atoms with van der Waals surface area (Å²) in [5.74, 6) is -0.0538. The van der Waals surface area contributed by atoms with Crippen LogP contribution >= 0.6 is 0 Å². The Morgan fingerprint density at radius 3 is 2.42 bits per heavy atom. The maximum Gasteiger partial charge on any atom is 0.255 e. The van der Waals surface area contributed by atoms with E-state index in [9.17, 15) is 4.79 Å². The molecule has 1 amide bonds. The lowest BCUT2D eigenvalue weighted by atomic mass is 9.63. The molecule has 0 saturated heterocycles. The minimum atomic E-state index is -0.0538. The fraction of sp³-hybridized carbons (Fsp3) is 0.348. The van der Waals surface area contributed by atoms with Crippen molar-refractivity contribution in [2.75, 3.05) is 5.32 Å². The molecule has 1 heterocycles. The van der Waals surface area contributed by atoms with Crippen LogP contribution in [0.1, 0.15) is 62.0 Å². The van der Waals surface area contributed by atoms with Crippen molar-refractivity contribution in [1.82, 2.24) is 4.98 Å². The van der Waals surface area contributed by atoms with E-state index in [4.69, 9.17) is 0 Å². The Balaban J connectivity index is 1.66. The van der Waals surface area contributed by atoms with Gasteiger partial charge in [-0.1, -0.05) is 33.8 Å². The minimum Gasteiger partial charge on any atom is -0.361 e. The van der Waals surface area contributed by atoms with Crippen molar-refractivity contribution < 1.29 is 4.79 Å². The SMILES string of the molecule is CC1(C)CCC(C)(C)c2cc(C(=O)Nc3ccc4[nH]ccc4c3)ccc21. The highest BCUT2D eigenvalue weighted by Crippen LogP contribution is 2.45. The zero-order valence-corrected chi connectivity index (χ0v) is 15.9. The van der Waals surface area contributed by atoms with Crippen LogP contribution in [0.2, 0.25) is 0 Å². The molecule has 3 heteroatoms. The molecular formula is C23H26N2O. The summed E-state index contributed by atoms with van der Waals surface area (Å²) in [6.07, 6.45) is 4.22. The Morgan fingerprint density at radius 2 is 1.65 bits per heavy atom. The number of amides is 1. The van der Waals surface area contributed by atoms with E-state index in [-0.39, 0.29) is 16.7 Å². The number of fused-ring (bicyclic) bond motifs is 2. The van der Waals surface area contributed by atoms with Crippen LogP contribution in [0.4, 0.5) is 5.69 Å². The summed E-state index contributed by atoms with van der Waals surface area (Å²) in [5.41, 5.74) is 5.56. The van der Waals surface area contributed by atoms with Crippen LogP contribution in [0.3, 0.4) is 0 Å². The van der Waals surface area contributed by atoms with Crippen molar-refractivity contribution >= 4 is 22.5 Å². The lowest BCUT2D eigenvalue weighted by Gasteiger charge is -2.42. The van der Waals surface area contributed by atoms with E-state index >= 15 is 0 Å². The van der Waals surface area contributed by atoms with Crippen molar-refractivity contribution in [3.8, 4) is 0 Å². The number of carbonyl (C=O) groups is 1. The zero-order valence-electron chi connectivity index (χ0n) is 15.9. The molecule has 2 N–H and O–H groups in total. The number of aromatic amines is 1. The van der Waals surface area contributed by atoms with E-state index in [1.54, 1.807) is 0 Å². The summed E-state index contributed by atoms with van der Waals surface area (Å²) in [6, 6.07) is 14.1. The van der Waals surface area contributed by atoms with Gasteiger partial charge in [0, 0.05) is 28.4 Å². The lowest BCUT2D eigenvalue weighted by Crippen LogP contribution is -2.34. The summed E-state index contributed by atoms with van der Waals surface area (Å²) in [4.78, 5) is 16.0. The summed E-state index contributed by atoms with van der Waals surface area (Å²) in [5, 5.41) is 4.14. The maximum absolute atomic E-state index is 12.8. The third kappa shape index (κ3) is 2.82. The maximum atomic E-state index is 12.8. The molecular weight excluding hydrogens is 320 g/mol. The molecule has 3 aromatic rings. The summed E-state index contributed by atoms with van der Waals surface area (Å²) in [6.45, 7) is 9.16. The number of benzene rings is 2. The van der Waals surface area contributed by atoms with Crippen molar-refractivity contribution in [1.29, 1.82) is 0 Å². The van der Waals surface area contributed by atoms with E-state index in [2.05, 4.69) is 50.1 Å². The van der Waals surface area contributed by atoms with Gasteiger partial charge in [0.15, 0.2) is 0 Å². The van der Waals surface area contributed by atoms with Crippen LogP contribution in [-0.2, 0) is 10.8 Å². The zero-order chi connectivity index (χ0) is 18.5. The third-order valence-corrected chi connectivity index (χ3v) is 5.93. The van der Waals surface area contributed by atoms with Gasteiger partial charge in [0.2, 0.25) is 0 Å². The molecule has 0 radical (unpaired) electrons. The summed E-state index contributed by atoms with van der Waals surface area (Å²) >= 11 is 0. The Morgan fingerprint density at radius 1 is 0.923 bits per heavy atom. The quantitative estimate of drug-likeness (QED) is 0.608. The molecule has 1 aliphatic carbocycles. The predicted octanol–water partition coefficient (Wildman–Crippen LogP) is 5.77. The van der Waals surface area contributed by atoms with Crippen LogP contribution in [-0.4, -0.2) is 10.9 Å². The fourth-order valence-corrected chi connectivity index (χ4v) is 4.06. The van der Waals surface area contributed by atoms with Gasteiger partial charge in [-0.2, -0.15) is 0 Å². The molecule has 0 saturated carbocycles. The van der Waals surface area contributed by atoms with Crippen LogP contribution in [0, 0.1) is 0 Å². The first-order valence-electron chi connectivity index (χ1n) is 9.30. The highest BCUT2D eigenvalue weighted by molar-refractivity contribution is 6.05. The first-order chi connectivity index (χ1) is 12.3. The Hall–Kier alpha value is -2.55. The topological polar surface area (TPSA) is 44.9 Å². The normalized spacial score (nSPS) is 17.7. The van der Waals surface area contributed by atoms with Crippen LogP contribution in [0.25, 0.3) is 10.9 Å². The van der Waals surface area contributed by atoms with Gasteiger partial charge in [-0.05, 0) is 71.2 Å². The Bertz CT molecular complexity index is 994. The molecule has 0 unspecified atom stereocenters. The van der Waals surface area contributed by atoms with E-state index in [1.165, 1.54) is 17.5 Å². The van der Waals surface area contributed by atoms with Crippen LogP contribution in [0.5, 0.6) is 0 Å². The largest absolute Gasteiger partial charge is 0.361 e. The van der Waals surface area contributed by atoms with Gasteiger partial charge < -0.3 is 10.3 Å². The average Bonchev–Trinajstić information content (AvgIpc) is 3.06. The van der Waals surface area contributed by atoms with E-state index < -0.39 is 0 Å². The van der Waals surface area contributed by atoms with Gasteiger partial charge in [-0.25, -0.2) is 0 Å². The number of H-pyrrole nitrogens is 1. The Kier molecular flexibility index (Phi) is 3.72. The van der Waals surface area contributed by atoms with E-state index in [0.29, 0.717) is 0 Å². The van der Waals surface area contributed by atoms with E-state index in [0.717, 1.165) is 28.6 Å². The van der Waals surface area contributed by atoms with Gasteiger partial charge in [0.25, 0.3) is 5.91 Å². The first-order valence-corrected chi connectivity index (χ1v) is 9.30. The van der Waals surface area contributed by atoms with Gasteiger partial charge in [0.1, 0.15) is 0 Å². The second-order valence-corrected chi connectivity index (χ2v) is 8.76. The van der Waals surface area contributed by atoms with E-state index in [1.807, 2.05) is 36.5 Å². The number of nitrogens with one attached hydrogen (secondary N) is 2. The summed E-state index contributed by atoms with van der Waals surface area (Å²) in [7, 11) is 0. The highest BCUT2D eigenvalue weighted by atomic mass is 16.1. The van der Waals surface area contributed by atoms with Crippen molar-refractivity contribution in [2.45, 2.75) is 51.4 Å². The summed E-state index contributed by atoms with van der Waals surface area (Å²) < 4.78 is 0. The van der Waals surface area contributed by atoms with Crippen LogP contribution in [0.15, 0.2) is 48.7 Å².